The number of nitrogens with zero attached hydrogens (tertiary/aromatic N) is 2. The molecule has 0 N–H and O–H groups in total. The lowest BCUT2D eigenvalue weighted by atomic mass is 10.2. The van der Waals surface area contributed by atoms with Crippen molar-refractivity contribution in [3.05, 3.63) is 33.6 Å². The van der Waals surface area contributed by atoms with Gasteiger partial charge in [-0.2, -0.15) is 0 Å². The summed E-state index contributed by atoms with van der Waals surface area (Å²) in [6, 6.07) is 3.93. The number of hydrogen-bond donors (Lipinski definition) is 0. The zero-order valence-corrected chi connectivity index (χ0v) is 9.13. The van der Waals surface area contributed by atoms with Crippen molar-refractivity contribution in [2.75, 3.05) is 0 Å². The topological polar surface area (TPSA) is 25.8 Å². The van der Waals surface area contributed by atoms with Crippen LogP contribution in [0.25, 0.3) is 10.9 Å². The van der Waals surface area contributed by atoms with Gasteiger partial charge < -0.3 is 0 Å². The maximum Gasteiger partial charge on any atom is 0.116 e. The van der Waals surface area contributed by atoms with Crippen LogP contribution in [-0.4, -0.2) is 9.97 Å². The Kier molecular flexibility index (Phi) is 2.11. The third-order valence-electron chi connectivity index (χ3n) is 1.57. The van der Waals surface area contributed by atoms with Gasteiger partial charge in [0.25, 0.3) is 0 Å². The van der Waals surface area contributed by atoms with Crippen LogP contribution in [0, 0.1) is 0 Å². The molecule has 0 spiro atoms. The molecule has 2 aromatic rings. The van der Waals surface area contributed by atoms with Gasteiger partial charge in [-0.05, 0) is 28.1 Å². The molecule has 60 valence electrons. The highest BCUT2D eigenvalue weighted by Crippen LogP contribution is 2.27. The highest BCUT2D eigenvalue weighted by Gasteiger charge is 2.02. The van der Waals surface area contributed by atoms with Crippen LogP contribution in [-0.2, 0) is 0 Å². The standard InChI is InChI=1S/C8H4Br2N2/c9-6-1-2-7(10)8-5(6)3-11-4-12-8/h1-4H. The zero-order valence-electron chi connectivity index (χ0n) is 5.96. The van der Waals surface area contributed by atoms with E-state index >= 15 is 0 Å². The van der Waals surface area contributed by atoms with Gasteiger partial charge in [0.15, 0.2) is 0 Å². The van der Waals surface area contributed by atoms with E-state index in [1.165, 1.54) is 0 Å². The van der Waals surface area contributed by atoms with E-state index < -0.39 is 0 Å². The lowest BCUT2D eigenvalue weighted by Crippen LogP contribution is -1.82. The summed E-state index contributed by atoms with van der Waals surface area (Å²) >= 11 is 6.85. The predicted octanol–water partition coefficient (Wildman–Crippen LogP) is 3.15. The molecule has 4 heteroatoms. The normalized spacial score (nSPS) is 10.5. The molecule has 0 unspecified atom stereocenters. The van der Waals surface area contributed by atoms with Crippen LogP contribution in [0.3, 0.4) is 0 Å². The first-order valence-corrected chi connectivity index (χ1v) is 4.91. The van der Waals surface area contributed by atoms with E-state index in [9.17, 15) is 0 Å². The fourth-order valence-corrected chi connectivity index (χ4v) is 1.88. The van der Waals surface area contributed by atoms with E-state index in [-0.39, 0.29) is 0 Å². The van der Waals surface area contributed by atoms with E-state index in [4.69, 9.17) is 0 Å². The Morgan fingerprint density at radius 3 is 2.58 bits per heavy atom. The SMILES string of the molecule is Brc1ccc(Br)c2ncncc12. The summed E-state index contributed by atoms with van der Waals surface area (Å²) in [4.78, 5) is 8.11. The minimum atomic E-state index is 0.930. The van der Waals surface area contributed by atoms with Crippen molar-refractivity contribution in [3.8, 4) is 0 Å². The van der Waals surface area contributed by atoms with Gasteiger partial charge in [0.2, 0.25) is 0 Å². The zero-order chi connectivity index (χ0) is 8.55. The van der Waals surface area contributed by atoms with E-state index in [0.717, 1.165) is 19.8 Å². The molecule has 1 aromatic carbocycles. The lowest BCUT2D eigenvalue weighted by Gasteiger charge is -1.99. The van der Waals surface area contributed by atoms with Crippen LogP contribution < -0.4 is 0 Å². The molecule has 2 nitrogen and oxygen atoms in total. The molecule has 0 saturated heterocycles. The number of halogens is 2. The van der Waals surface area contributed by atoms with E-state index in [1.807, 2.05) is 12.1 Å². The van der Waals surface area contributed by atoms with Gasteiger partial charge in [-0.1, -0.05) is 15.9 Å². The van der Waals surface area contributed by atoms with Crippen LogP contribution in [0.1, 0.15) is 0 Å². The van der Waals surface area contributed by atoms with Crippen molar-refractivity contribution in [3.63, 3.8) is 0 Å². The molecular weight excluding hydrogens is 284 g/mol. The molecule has 0 atom stereocenters. The van der Waals surface area contributed by atoms with Crippen molar-refractivity contribution >= 4 is 42.8 Å². The first-order valence-electron chi connectivity index (χ1n) is 3.33. The predicted molar refractivity (Wildman–Crippen MR) is 54.9 cm³/mol. The molecule has 0 fully saturated rings. The third kappa shape index (κ3) is 1.25. The second-order valence-corrected chi connectivity index (χ2v) is 4.02. The van der Waals surface area contributed by atoms with Gasteiger partial charge in [-0.3, -0.25) is 0 Å². The fourth-order valence-electron chi connectivity index (χ4n) is 1.01. The minimum absolute atomic E-state index is 0.930. The fraction of sp³-hybridized carbons (Fsp3) is 0. The highest BCUT2D eigenvalue weighted by molar-refractivity contribution is 9.11. The summed E-state index contributed by atoms with van der Waals surface area (Å²) in [5, 5.41) is 1.02. The Hall–Kier alpha value is -0.480. The van der Waals surface area contributed by atoms with Crippen molar-refractivity contribution in [1.29, 1.82) is 0 Å². The van der Waals surface area contributed by atoms with Crippen LogP contribution in [0.5, 0.6) is 0 Å². The van der Waals surface area contributed by atoms with Crippen molar-refractivity contribution in [2.45, 2.75) is 0 Å². The van der Waals surface area contributed by atoms with Crippen molar-refractivity contribution in [2.24, 2.45) is 0 Å². The largest absolute Gasteiger partial charge is 0.244 e. The molecule has 0 aliphatic carbocycles. The Bertz CT molecular complexity index is 388. The van der Waals surface area contributed by atoms with Gasteiger partial charge >= 0.3 is 0 Å². The van der Waals surface area contributed by atoms with Crippen LogP contribution in [0.2, 0.25) is 0 Å². The first kappa shape index (κ1) is 8.13. The smallest absolute Gasteiger partial charge is 0.116 e. The van der Waals surface area contributed by atoms with Gasteiger partial charge in [-0.15, -0.1) is 0 Å². The molecular formula is C8H4Br2N2. The van der Waals surface area contributed by atoms with Crippen LogP contribution >= 0.6 is 31.9 Å². The number of benzene rings is 1. The van der Waals surface area contributed by atoms with E-state index in [0.29, 0.717) is 0 Å². The van der Waals surface area contributed by atoms with Gasteiger partial charge in [0.05, 0.1) is 5.52 Å². The Labute approximate surface area is 86.3 Å². The van der Waals surface area contributed by atoms with Crippen LogP contribution in [0.15, 0.2) is 33.6 Å². The molecule has 0 bridgehead atoms. The molecule has 2 rings (SSSR count). The minimum Gasteiger partial charge on any atom is -0.244 e. The Morgan fingerprint density at radius 2 is 1.83 bits per heavy atom. The number of hydrogen-bond acceptors (Lipinski definition) is 2. The molecule has 0 saturated carbocycles. The number of fused-ring (bicyclic) bond motifs is 1. The molecule has 0 radical (unpaired) electrons. The number of aromatic nitrogens is 2. The van der Waals surface area contributed by atoms with Crippen LogP contribution in [0.4, 0.5) is 0 Å². The first-order chi connectivity index (χ1) is 5.79. The summed E-state index contributed by atoms with van der Waals surface area (Å²) < 4.78 is 2.00. The Balaban J connectivity index is 2.95. The summed E-state index contributed by atoms with van der Waals surface area (Å²) in [5.74, 6) is 0. The molecule has 1 heterocycles. The maximum absolute atomic E-state index is 4.15. The van der Waals surface area contributed by atoms with Gasteiger partial charge in [-0.25, -0.2) is 9.97 Å². The van der Waals surface area contributed by atoms with Gasteiger partial charge in [0, 0.05) is 20.5 Å². The van der Waals surface area contributed by atoms with Gasteiger partial charge in [0.1, 0.15) is 6.33 Å². The van der Waals surface area contributed by atoms with E-state index in [1.54, 1.807) is 12.5 Å². The van der Waals surface area contributed by atoms with Crippen molar-refractivity contribution < 1.29 is 0 Å². The summed E-state index contributed by atoms with van der Waals surface area (Å²) in [7, 11) is 0. The molecule has 1 aromatic heterocycles. The quantitative estimate of drug-likeness (QED) is 0.744. The maximum atomic E-state index is 4.15. The van der Waals surface area contributed by atoms with E-state index in [2.05, 4.69) is 41.8 Å². The lowest BCUT2D eigenvalue weighted by molar-refractivity contribution is 1.22. The average Bonchev–Trinajstić information content (AvgIpc) is 2.12. The summed E-state index contributed by atoms with van der Waals surface area (Å²) in [5.41, 5.74) is 0.930. The Morgan fingerprint density at radius 1 is 1.08 bits per heavy atom. The highest BCUT2D eigenvalue weighted by atomic mass is 79.9. The second-order valence-electron chi connectivity index (χ2n) is 2.31. The summed E-state index contributed by atoms with van der Waals surface area (Å²) in [6.07, 6.45) is 3.33. The molecule has 12 heavy (non-hydrogen) atoms. The molecule has 0 aliphatic rings. The monoisotopic (exact) mass is 286 g/mol. The third-order valence-corrected chi connectivity index (χ3v) is 2.90. The molecule has 0 aliphatic heterocycles. The second kappa shape index (κ2) is 3.11. The molecule has 0 amide bonds. The van der Waals surface area contributed by atoms with Crippen molar-refractivity contribution in [1.82, 2.24) is 9.97 Å². The average molecular weight is 288 g/mol. The summed E-state index contributed by atoms with van der Waals surface area (Å²) in [6.45, 7) is 0. The number of rotatable bonds is 0.